The van der Waals surface area contributed by atoms with E-state index in [0.29, 0.717) is 0 Å². The van der Waals surface area contributed by atoms with Gasteiger partial charge in [0.2, 0.25) is 0 Å². The number of aliphatic hydroxyl groups is 1. The average molecular weight is 433 g/mol. The molecule has 1 fully saturated rings. The van der Waals surface area contributed by atoms with E-state index in [-0.39, 0.29) is 34.7 Å². The number of hydrogen-bond acceptors (Lipinski definition) is 3. The van der Waals surface area contributed by atoms with Crippen molar-refractivity contribution >= 4 is 14.1 Å². The first-order chi connectivity index (χ1) is 13.6. The lowest BCUT2D eigenvalue weighted by Gasteiger charge is -2.49. The molecule has 0 radical (unpaired) electrons. The minimum Gasteiger partial charge on any atom is -0.410 e. The molecular weight excluding hydrogens is 388 g/mol. The van der Waals surface area contributed by atoms with Crippen LogP contribution in [0.1, 0.15) is 74.1 Å². The Morgan fingerprint density at radius 3 is 2.40 bits per heavy atom. The Kier molecular flexibility index (Phi) is 7.48. The van der Waals surface area contributed by atoms with E-state index in [1.165, 1.54) is 5.57 Å². The van der Waals surface area contributed by atoms with Crippen LogP contribution >= 0.6 is 0 Å². The summed E-state index contributed by atoms with van der Waals surface area (Å²) >= 11 is 0. The molecule has 0 heterocycles. The van der Waals surface area contributed by atoms with E-state index in [1.54, 1.807) is 6.92 Å². The highest BCUT2D eigenvalue weighted by molar-refractivity contribution is 6.74. The van der Waals surface area contributed by atoms with Crippen LogP contribution in [0, 0.1) is 17.8 Å². The van der Waals surface area contributed by atoms with E-state index in [2.05, 4.69) is 66.4 Å². The van der Waals surface area contributed by atoms with Gasteiger partial charge in [-0.15, -0.1) is 0 Å². The molecule has 3 aliphatic rings. The number of rotatable bonds is 3. The summed E-state index contributed by atoms with van der Waals surface area (Å²) in [7, 11) is -2.13. The van der Waals surface area contributed by atoms with Crippen molar-refractivity contribution in [2.75, 3.05) is 0 Å². The standard InChI is InChI=1S/C26H44O3Si/c1-17(2)21-16-20-15-14-18(3)12-11-13-19(4)23(22(21)24(27)26(20,8)28)29-30(9,10)25(5,6)7/h13-14,20-23,28H,1,11-12,15-16H2,2-10H3/b18-14+,19-13+/t20-,21+,22-,23-,26+/m0/s1. The second-order valence-electron chi connectivity index (χ2n) is 11.5. The molecule has 3 rings (SSSR count). The predicted molar refractivity (Wildman–Crippen MR) is 129 cm³/mol. The summed E-state index contributed by atoms with van der Waals surface area (Å²) in [5, 5.41) is 11.4. The van der Waals surface area contributed by atoms with Gasteiger partial charge in [0.1, 0.15) is 5.60 Å². The third kappa shape index (κ3) is 5.08. The van der Waals surface area contributed by atoms with Crippen molar-refractivity contribution < 1.29 is 14.3 Å². The number of Topliss-reactive ketones (excluding diaryl/α,β-unsaturated/α-hetero) is 1. The van der Waals surface area contributed by atoms with Gasteiger partial charge < -0.3 is 9.53 Å². The lowest BCUT2D eigenvalue weighted by Crippen LogP contribution is -2.58. The zero-order valence-electron chi connectivity index (χ0n) is 20.8. The first kappa shape index (κ1) is 25.3. The molecule has 0 spiro atoms. The Morgan fingerprint density at radius 2 is 1.87 bits per heavy atom. The van der Waals surface area contributed by atoms with E-state index >= 15 is 0 Å². The summed E-state index contributed by atoms with van der Waals surface area (Å²) in [5.41, 5.74) is 2.11. The van der Waals surface area contributed by atoms with Crippen molar-refractivity contribution in [3.05, 3.63) is 35.5 Å². The maximum Gasteiger partial charge on any atom is 0.192 e. The molecule has 0 amide bonds. The van der Waals surface area contributed by atoms with Gasteiger partial charge in [-0.05, 0) is 88.9 Å². The Hall–Kier alpha value is -0.973. The van der Waals surface area contributed by atoms with Gasteiger partial charge in [-0.2, -0.15) is 0 Å². The lowest BCUT2D eigenvalue weighted by atomic mass is 9.60. The van der Waals surface area contributed by atoms with Crippen LogP contribution in [0.3, 0.4) is 0 Å². The van der Waals surface area contributed by atoms with Gasteiger partial charge in [0.05, 0.1) is 12.0 Å². The first-order valence-electron chi connectivity index (χ1n) is 11.5. The van der Waals surface area contributed by atoms with Crippen molar-refractivity contribution in [2.24, 2.45) is 17.8 Å². The summed E-state index contributed by atoms with van der Waals surface area (Å²) in [4.78, 5) is 13.8. The largest absolute Gasteiger partial charge is 0.410 e. The number of allylic oxidation sites excluding steroid dienone is 4. The Labute approximate surface area is 185 Å². The van der Waals surface area contributed by atoms with Crippen molar-refractivity contribution in [1.29, 1.82) is 0 Å². The minimum atomic E-state index is -2.13. The molecular formula is C26H44O3Si. The summed E-state index contributed by atoms with van der Waals surface area (Å²) in [5.74, 6) is -0.525. The van der Waals surface area contributed by atoms with Crippen LogP contribution in [-0.4, -0.2) is 30.9 Å². The number of carbonyl (C=O) groups is 1. The number of carbonyl (C=O) groups excluding carboxylic acids is 1. The van der Waals surface area contributed by atoms with E-state index in [1.807, 2.05) is 6.92 Å². The summed E-state index contributed by atoms with van der Waals surface area (Å²) in [6, 6.07) is 0. The molecule has 170 valence electrons. The fourth-order valence-electron chi connectivity index (χ4n) is 4.62. The fraction of sp³-hybridized carbons (Fsp3) is 0.731. The number of fused-ring (bicyclic) bond motifs is 7. The van der Waals surface area contributed by atoms with Crippen LogP contribution in [0.15, 0.2) is 35.5 Å². The Balaban J connectivity index is 2.65. The molecule has 0 saturated heterocycles. The quantitative estimate of drug-likeness (QED) is 0.403. The molecule has 0 aromatic rings. The summed E-state index contributed by atoms with van der Waals surface area (Å²) < 4.78 is 6.94. The summed E-state index contributed by atoms with van der Waals surface area (Å²) in [6.45, 7) is 23.4. The maximum absolute atomic E-state index is 13.8. The molecule has 3 nitrogen and oxygen atoms in total. The van der Waals surface area contributed by atoms with Gasteiger partial charge in [-0.1, -0.05) is 50.6 Å². The van der Waals surface area contributed by atoms with Gasteiger partial charge in [0.15, 0.2) is 14.1 Å². The van der Waals surface area contributed by atoms with Gasteiger partial charge in [0.25, 0.3) is 0 Å². The second kappa shape index (κ2) is 8.88. The second-order valence-corrected chi connectivity index (χ2v) is 16.3. The van der Waals surface area contributed by atoms with Crippen LogP contribution < -0.4 is 0 Å². The van der Waals surface area contributed by atoms with Crippen molar-refractivity contribution in [2.45, 2.75) is 104 Å². The molecule has 0 unspecified atom stereocenters. The Bertz CT molecular complexity index is 736. The highest BCUT2D eigenvalue weighted by atomic mass is 28.4. The molecule has 30 heavy (non-hydrogen) atoms. The van der Waals surface area contributed by atoms with E-state index in [4.69, 9.17) is 4.43 Å². The summed E-state index contributed by atoms with van der Waals surface area (Å²) in [6.07, 6.45) is 7.62. The molecule has 0 aromatic heterocycles. The lowest BCUT2D eigenvalue weighted by molar-refractivity contribution is -0.158. The molecule has 2 bridgehead atoms. The SMILES string of the molecule is C=C(C)[C@H]1C[C@@H]2C/C=C(\C)CC/C=C(\C)[C@H](O[Si](C)(C)C(C)(C)C)[C@H]1C(=O)[C@]2(C)O. The molecule has 0 aromatic carbocycles. The minimum absolute atomic E-state index is 0.0222. The van der Waals surface area contributed by atoms with Gasteiger partial charge in [0, 0.05) is 0 Å². The zero-order valence-corrected chi connectivity index (χ0v) is 21.8. The Morgan fingerprint density at radius 1 is 1.27 bits per heavy atom. The predicted octanol–water partition coefficient (Wildman–Crippen LogP) is 6.60. The molecule has 0 aliphatic heterocycles. The fourth-order valence-corrected chi connectivity index (χ4v) is 5.94. The zero-order chi connectivity index (χ0) is 23.1. The molecule has 1 saturated carbocycles. The van der Waals surface area contributed by atoms with E-state index < -0.39 is 13.9 Å². The van der Waals surface area contributed by atoms with Crippen LogP contribution in [0.5, 0.6) is 0 Å². The van der Waals surface area contributed by atoms with Gasteiger partial charge >= 0.3 is 0 Å². The van der Waals surface area contributed by atoms with Crippen LogP contribution in [0.25, 0.3) is 0 Å². The number of hydrogen-bond donors (Lipinski definition) is 1. The molecule has 4 heteroatoms. The van der Waals surface area contributed by atoms with Crippen molar-refractivity contribution in [3.8, 4) is 0 Å². The topological polar surface area (TPSA) is 46.5 Å². The van der Waals surface area contributed by atoms with Crippen LogP contribution in [-0.2, 0) is 9.22 Å². The molecule has 5 atom stereocenters. The van der Waals surface area contributed by atoms with E-state index in [0.717, 1.165) is 36.8 Å². The normalized spacial score (nSPS) is 37.5. The highest BCUT2D eigenvalue weighted by Gasteiger charge is 2.54. The average Bonchev–Trinajstić information content (AvgIpc) is 2.59. The van der Waals surface area contributed by atoms with Gasteiger partial charge in [-0.3, -0.25) is 4.79 Å². The maximum atomic E-state index is 13.8. The molecule has 3 aliphatic carbocycles. The van der Waals surface area contributed by atoms with Crippen molar-refractivity contribution in [1.82, 2.24) is 0 Å². The number of ketones is 1. The van der Waals surface area contributed by atoms with Gasteiger partial charge in [-0.25, -0.2) is 0 Å². The van der Waals surface area contributed by atoms with Crippen molar-refractivity contribution in [3.63, 3.8) is 0 Å². The third-order valence-corrected chi connectivity index (χ3v) is 12.4. The van der Waals surface area contributed by atoms with E-state index in [9.17, 15) is 9.90 Å². The molecule has 1 N–H and O–H groups in total. The smallest absolute Gasteiger partial charge is 0.192 e. The first-order valence-corrected chi connectivity index (χ1v) is 14.4. The monoisotopic (exact) mass is 432 g/mol. The third-order valence-electron chi connectivity index (χ3n) is 7.96. The highest BCUT2D eigenvalue weighted by Crippen LogP contribution is 2.48. The van der Waals surface area contributed by atoms with Crippen LogP contribution in [0.4, 0.5) is 0 Å². The van der Waals surface area contributed by atoms with Crippen LogP contribution in [0.2, 0.25) is 18.1 Å².